The summed E-state index contributed by atoms with van der Waals surface area (Å²) in [5, 5.41) is 5.13. The van der Waals surface area contributed by atoms with E-state index in [2.05, 4.69) is 10.6 Å². The molecule has 0 unspecified atom stereocenters. The van der Waals surface area contributed by atoms with Crippen LogP contribution >= 0.6 is 0 Å². The topological polar surface area (TPSA) is 93.7 Å². The van der Waals surface area contributed by atoms with Gasteiger partial charge in [-0.3, -0.25) is 4.79 Å². The van der Waals surface area contributed by atoms with E-state index in [-0.39, 0.29) is 12.0 Å². The summed E-state index contributed by atoms with van der Waals surface area (Å²) in [6, 6.07) is 0. The number of amides is 2. The number of esters is 1. The monoisotopic (exact) mass is 358 g/mol. The van der Waals surface area contributed by atoms with Gasteiger partial charge in [-0.1, -0.05) is 20.8 Å². The lowest BCUT2D eigenvalue weighted by Gasteiger charge is -2.33. The van der Waals surface area contributed by atoms with Gasteiger partial charge in [0.15, 0.2) is 0 Å². The zero-order chi connectivity index (χ0) is 20.3. The number of alkyl carbamates (subject to hydrolysis) is 1. The van der Waals surface area contributed by atoms with Crippen LogP contribution < -0.4 is 10.6 Å². The molecule has 0 heterocycles. The van der Waals surface area contributed by atoms with Gasteiger partial charge < -0.3 is 20.1 Å². The first-order chi connectivity index (χ1) is 10.9. The van der Waals surface area contributed by atoms with Crippen molar-refractivity contribution < 1.29 is 23.9 Å². The molecule has 0 fully saturated rings. The Bertz CT molecular complexity index is 511. The van der Waals surface area contributed by atoms with Crippen molar-refractivity contribution in [2.75, 3.05) is 6.61 Å². The van der Waals surface area contributed by atoms with Crippen molar-refractivity contribution in [2.24, 2.45) is 5.41 Å². The Morgan fingerprint density at radius 2 is 1.24 bits per heavy atom. The van der Waals surface area contributed by atoms with E-state index in [0.29, 0.717) is 0 Å². The van der Waals surface area contributed by atoms with Crippen LogP contribution in [0, 0.1) is 5.41 Å². The van der Waals surface area contributed by atoms with Gasteiger partial charge in [0.1, 0.15) is 16.7 Å². The Morgan fingerprint density at radius 3 is 1.64 bits per heavy atom. The van der Waals surface area contributed by atoms with Gasteiger partial charge in [0.25, 0.3) is 0 Å². The highest BCUT2D eigenvalue weighted by Crippen LogP contribution is 2.16. The van der Waals surface area contributed by atoms with Crippen LogP contribution in [-0.2, 0) is 19.1 Å². The molecular formula is C18H34N2O5. The predicted octanol–water partition coefficient (Wildman–Crippen LogP) is 2.77. The maximum absolute atomic E-state index is 12.5. The molecule has 0 radical (unpaired) electrons. The van der Waals surface area contributed by atoms with E-state index in [1.807, 2.05) is 20.8 Å². The van der Waals surface area contributed by atoms with Crippen LogP contribution in [0.4, 0.5) is 4.79 Å². The van der Waals surface area contributed by atoms with Crippen molar-refractivity contribution in [1.82, 2.24) is 10.6 Å². The van der Waals surface area contributed by atoms with Crippen molar-refractivity contribution in [1.29, 1.82) is 0 Å². The summed E-state index contributed by atoms with van der Waals surface area (Å²) in [5.41, 5.74) is -3.33. The van der Waals surface area contributed by atoms with Crippen molar-refractivity contribution in [3.8, 4) is 0 Å². The van der Waals surface area contributed by atoms with Gasteiger partial charge in [-0.2, -0.15) is 0 Å². The normalized spacial score (nSPS) is 13.0. The molecule has 0 aliphatic heterocycles. The average molecular weight is 358 g/mol. The fourth-order valence-corrected chi connectivity index (χ4v) is 1.53. The summed E-state index contributed by atoms with van der Waals surface area (Å²) in [7, 11) is 0. The van der Waals surface area contributed by atoms with Crippen molar-refractivity contribution in [2.45, 2.75) is 85.9 Å². The predicted molar refractivity (Wildman–Crippen MR) is 96.1 cm³/mol. The van der Waals surface area contributed by atoms with Crippen LogP contribution in [0.15, 0.2) is 0 Å². The minimum absolute atomic E-state index is 0.178. The fourth-order valence-electron chi connectivity index (χ4n) is 1.53. The Morgan fingerprint density at radius 1 is 0.760 bits per heavy atom. The van der Waals surface area contributed by atoms with Crippen molar-refractivity contribution in [3.05, 3.63) is 0 Å². The van der Waals surface area contributed by atoms with Gasteiger partial charge in [0, 0.05) is 0 Å². The van der Waals surface area contributed by atoms with E-state index >= 15 is 0 Å². The summed E-state index contributed by atoms with van der Waals surface area (Å²) in [5.74, 6) is -1.07. The lowest BCUT2D eigenvalue weighted by atomic mass is 9.98. The van der Waals surface area contributed by atoms with Crippen LogP contribution in [0.3, 0.4) is 0 Å². The first-order valence-electron chi connectivity index (χ1n) is 8.37. The second-order valence-electron chi connectivity index (χ2n) is 9.47. The van der Waals surface area contributed by atoms with E-state index in [1.165, 1.54) is 13.8 Å². The Labute approximate surface area is 151 Å². The molecule has 0 aromatic heterocycles. The zero-order valence-corrected chi connectivity index (χ0v) is 17.2. The number of rotatable bonds is 5. The van der Waals surface area contributed by atoms with Crippen LogP contribution in [-0.4, -0.2) is 41.3 Å². The first kappa shape index (κ1) is 23.2. The quantitative estimate of drug-likeness (QED) is 0.737. The first-order valence-corrected chi connectivity index (χ1v) is 8.37. The molecule has 2 amide bonds. The van der Waals surface area contributed by atoms with Gasteiger partial charge in [-0.15, -0.1) is 0 Å². The van der Waals surface area contributed by atoms with E-state index < -0.39 is 34.6 Å². The van der Waals surface area contributed by atoms with Crippen LogP contribution in [0.5, 0.6) is 0 Å². The van der Waals surface area contributed by atoms with Gasteiger partial charge in [0.2, 0.25) is 5.91 Å². The number of carbonyl (C=O) groups is 3. The van der Waals surface area contributed by atoms with E-state index in [1.54, 1.807) is 34.6 Å². The minimum atomic E-state index is -1.26. The molecule has 0 aliphatic rings. The van der Waals surface area contributed by atoms with E-state index in [0.717, 1.165) is 0 Å². The Balaban J connectivity index is 4.85. The molecular weight excluding hydrogens is 324 g/mol. The molecule has 0 aromatic rings. The number of hydrogen-bond acceptors (Lipinski definition) is 5. The molecule has 0 rings (SSSR count). The third kappa shape index (κ3) is 9.31. The highest BCUT2D eigenvalue weighted by atomic mass is 16.6. The number of hydrogen-bond donors (Lipinski definition) is 2. The lowest BCUT2D eigenvalue weighted by Crippen LogP contribution is -2.61. The molecule has 146 valence electrons. The standard InChI is InChI=1S/C18H34N2O5/c1-15(2,3)11-24-14(23)20-17(7,8)12(21)19-18(9,10)13(22)25-16(4,5)6/h11H2,1-10H3,(H,19,21)(H,20,23). The molecule has 0 spiro atoms. The highest BCUT2D eigenvalue weighted by molar-refractivity contribution is 5.93. The maximum atomic E-state index is 12.5. The summed E-state index contributed by atoms with van der Waals surface area (Å²) >= 11 is 0. The average Bonchev–Trinajstić information content (AvgIpc) is 2.32. The summed E-state index contributed by atoms with van der Waals surface area (Å²) < 4.78 is 10.4. The Hall–Kier alpha value is -1.79. The smallest absolute Gasteiger partial charge is 0.407 e. The van der Waals surface area contributed by atoms with Gasteiger partial charge in [0.05, 0.1) is 6.61 Å². The SMILES string of the molecule is CC(C)(C)COC(=O)NC(C)(C)C(=O)NC(C)(C)C(=O)OC(C)(C)C. The van der Waals surface area contributed by atoms with Crippen LogP contribution in [0.1, 0.15) is 69.2 Å². The Kier molecular flexibility index (Phi) is 7.07. The number of ether oxygens (including phenoxy) is 2. The summed E-state index contributed by atoms with van der Waals surface area (Å²) in [6.07, 6.45) is -0.690. The van der Waals surface area contributed by atoms with Crippen LogP contribution in [0.25, 0.3) is 0 Å². The van der Waals surface area contributed by atoms with Gasteiger partial charge in [-0.05, 0) is 53.9 Å². The molecule has 0 atom stereocenters. The highest BCUT2D eigenvalue weighted by Gasteiger charge is 2.39. The third-order valence-corrected chi connectivity index (χ3v) is 2.95. The lowest BCUT2D eigenvalue weighted by molar-refractivity contribution is -0.163. The second-order valence-corrected chi connectivity index (χ2v) is 9.47. The summed E-state index contributed by atoms with van der Waals surface area (Å²) in [4.78, 5) is 36.6. The second kappa shape index (κ2) is 7.62. The maximum Gasteiger partial charge on any atom is 0.407 e. The molecule has 2 N–H and O–H groups in total. The van der Waals surface area contributed by atoms with Gasteiger partial charge >= 0.3 is 12.1 Å². The van der Waals surface area contributed by atoms with E-state index in [4.69, 9.17) is 9.47 Å². The molecule has 0 bridgehead atoms. The van der Waals surface area contributed by atoms with E-state index in [9.17, 15) is 14.4 Å². The molecule has 0 saturated carbocycles. The van der Waals surface area contributed by atoms with Gasteiger partial charge in [-0.25, -0.2) is 9.59 Å². The molecule has 0 aliphatic carbocycles. The fraction of sp³-hybridized carbons (Fsp3) is 0.833. The summed E-state index contributed by atoms with van der Waals surface area (Å²) in [6.45, 7) is 17.4. The molecule has 7 nitrogen and oxygen atoms in total. The number of carbonyl (C=O) groups excluding carboxylic acids is 3. The third-order valence-electron chi connectivity index (χ3n) is 2.95. The van der Waals surface area contributed by atoms with Crippen molar-refractivity contribution in [3.63, 3.8) is 0 Å². The van der Waals surface area contributed by atoms with Crippen LogP contribution in [0.2, 0.25) is 0 Å². The molecule has 7 heteroatoms. The largest absolute Gasteiger partial charge is 0.458 e. The van der Waals surface area contributed by atoms with Crippen molar-refractivity contribution >= 4 is 18.0 Å². The number of nitrogens with one attached hydrogen (secondary N) is 2. The molecule has 0 saturated heterocycles. The minimum Gasteiger partial charge on any atom is -0.458 e. The molecule has 0 aromatic carbocycles. The zero-order valence-electron chi connectivity index (χ0n) is 17.2. The molecule has 25 heavy (non-hydrogen) atoms.